The first-order valence-corrected chi connectivity index (χ1v) is 6.52. The van der Waals surface area contributed by atoms with Crippen LogP contribution in [0.4, 0.5) is 14.5 Å². The highest BCUT2D eigenvalue weighted by molar-refractivity contribution is 5.48. The van der Waals surface area contributed by atoms with E-state index in [0.29, 0.717) is 18.7 Å². The summed E-state index contributed by atoms with van der Waals surface area (Å²) in [6.45, 7) is 4.37. The molecule has 1 N–H and O–H groups in total. The molecule has 0 fully saturated rings. The molecule has 0 spiro atoms. The summed E-state index contributed by atoms with van der Waals surface area (Å²) in [4.78, 5) is 0. The van der Waals surface area contributed by atoms with Gasteiger partial charge in [0.25, 0.3) is 0 Å². The van der Waals surface area contributed by atoms with E-state index in [1.54, 1.807) is 0 Å². The third kappa shape index (κ3) is 3.26. The summed E-state index contributed by atoms with van der Waals surface area (Å²) in [6, 6.07) is 9.86. The first kappa shape index (κ1) is 14.3. The largest absolute Gasteiger partial charge is 0.494 e. The van der Waals surface area contributed by atoms with Gasteiger partial charge in [-0.15, -0.1) is 0 Å². The quantitative estimate of drug-likeness (QED) is 0.880. The van der Waals surface area contributed by atoms with Crippen LogP contribution in [0.3, 0.4) is 0 Å². The minimum Gasteiger partial charge on any atom is -0.494 e. The molecule has 0 aliphatic carbocycles. The van der Waals surface area contributed by atoms with E-state index in [1.165, 1.54) is 19.1 Å². The van der Waals surface area contributed by atoms with E-state index in [9.17, 15) is 8.78 Å². The number of para-hydroxylation sites is 1. The molecule has 4 heteroatoms. The number of halogens is 2. The van der Waals surface area contributed by atoms with E-state index in [-0.39, 0.29) is 5.69 Å². The topological polar surface area (TPSA) is 21.3 Å². The number of rotatable bonds is 5. The van der Waals surface area contributed by atoms with Crippen LogP contribution in [0, 0.1) is 18.6 Å². The molecule has 0 unspecified atom stereocenters. The molecule has 0 bridgehead atoms. The highest BCUT2D eigenvalue weighted by atomic mass is 19.1. The Morgan fingerprint density at radius 3 is 2.60 bits per heavy atom. The average Bonchev–Trinajstić information content (AvgIpc) is 2.43. The number of anilines is 1. The van der Waals surface area contributed by atoms with Crippen molar-refractivity contribution < 1.29 is 13.5 Å². The van der Waals surface area contributed by atoms with Gasteiger partial charge in [0, 0.05) is 18.2 Å². The summed E-state index contributed by atoms with van der Waals surface area (Å²) in [7, 11) is 0. The van der Waals surface area contributed by atoms with Gasteiger partial charge in [0.1, 0.15) is 17.4 Å². The fraction of sp³-hybridized carbons (Fsp3) is 0.250. The van der Waals surface area contributed by atoms with Crippen molar-refractivity contribution in [2.45, 2.75) is 20.4 Å². The van der Waals surface area contributed by atoms with Crippen LogP contribution in [0.25, 0.3) is 0 Å². The van der Waals surface area contributed by atoms with E-state index in [2.05, 4.69) is 5.32 Å². The van der Waals surface area contributed by atoms with Crippen molar-refractivity contribution in [2.24, 2.45) is 0 Å². The van der Waals surface area contributed by atoms with Crippen LogP contribution in [0.1, 0.15) is 18.1 Å². The second-order valence-electron chi connectivity index (χ2n) is 4.48. The second kappa shape index (κ2) is 6.37. The summed E-state index contributed by atoms with van der Waals surface area (Å²) < 4.78 is 32.7. The number of nitrogens with one attached hydrogen (secondary N) is 1. The van der Waals surface area contributed by atoms with Gasteiger partial charge in [0.2, 0.25) is 0 Å². The Morgan fingerprint density at radius 2 is 1.85 bits per heavy atom. The Hall–Kier alpha value is -2.10. The zero-order valence-electron chi connectivity index (χ0n) is 11.5. The molecule has 106 valence electrons. The number of ether oxygens (including phenoxy) is 1. The van der Waals surface area contributed by atoms with Gasteiger partial charge in [-0.25, -0.2) is 8.78 Å². The SMILES string of the molecule is CCOc1ccccc1CNc1cc(F)c(C)cc1F. The zero-order valence-corrected chi connectivity index (χ0v) is 11.5. The number of hydrogen-bond donors (Lipinski definition) is 1. The average molecular weight is 277 g/mol. The molecule has 2 rings (SSSR count). The van der Waals surface area contributed by atoms with Crippen LogP contribution in [0.15, 0.2) is 36.4 Å². The maximum absolute atomic E-state index is 13.7. The number of hydrogen-bond acceptors (Lipinski definition) is 2. The first-order chi connectivity index (χ1) is 9.61. The minimum atomic E-state index is -0.460. The van der Waals surface area contributed by atoms with Crippen molar-refractivity contribution in [3.8, 4) is 5.75 Å². The monoisotopic (exact) mass is 277 g/mol. The Balaban J connectivity index is 2.15. The van der Waals surface area contributed by atoms with Gasteiger partial charge in [-0.1, -0.05) is 18.2 Å². The smallest absolute Gasteiger partial charge is 0.146 e. The Bertz CT molecular complexity index is 599. The Kier molecular flexibility index (Phi) is 4.56. The molecular formula is C16H17F2NO. The molecule has 0 aliphatic heterocycles. The zero-order chi connectivity index (χ0) is 14.5. The highest BCUT2D eigenvalue weighted by Gasteiger charge is 2.08. The van der Waals surface area contributed by atoms with E-state index in [0.717, 1.165) is 11.3 Å². The van der Waals surface area contributed by atoms with Crippen molar-refractivity contribution in [3.63, 3.8) is 0 Å². The van der Waals surface area contributed by atoms with Gasteiger partial charge in [-0.2, -0.15) is 0 Å². The molecular weight excluding hydrogens is 260 g/mol. The van der Waals surface area contributed by atoms with Gasteiger partial charge in [0.05, 0.1) is 12.3 Å². The molecule has 0 heterocycles. The minimum absolute atomic E-state index is 0.152. The lowest BCUT2D eigenvalue weighted by Gasteiger charge is -2.12. The third-order valence-corrected chi connectivity index (χ3v) is 2.99. The summed E-state index contributed by atoms with van der Waals surface area (Å²) in [6.07, 6.45) is 0. The van der Waals surface area contributed by atoms with Crippen molar-refractivity contribution in [1.29, 1.82) is 0 Å². The van der Waals surface area contributed by atoms with E-state index in [1.807, 2.05) is 31.2 Å². The Morgan fingerprint density at radius 1 is 1.10 bits per heavy atom. The fourth-order valence-electron chi connectivity index (χ4n) is 1.92. The summed E-state index contributed by atoms with van der Waals surface area (Å²) >= 11 is 0. The van der Waals surface area contributed by atoms with Gasteiger partial charge in [0.15, 0.2) is 0 Å². The van der Waals surface area contributed by atoms with Crippen LogP contribution in [0.5, 0.6) is 5.75 Å². The molecule has 2 aromatic carbocycles. The molecule has 2 nitrogen and oxygen atoms in total. The molecule has 0 saturated carbocycles. The fourth-order valence-corrected chi connectivity index (χ4v) is 1.92. The first-order valence-electron chi connectivity index (χ1n) is 6.52. The van der Waals surface area contributed by atoms with E-state index >= 15 is 0 Å². The molecule has 0 aliphatic rings. The van der Waals surface area contributed by atoms with Crippen LogP contribution in [-0.2, 0) is 6.54 Å². The normalized spacial score (nSPS) is 10.4. The number of benzene rings is 2. The lowest BCUT2D eigenvalue weighted by Crippen LogP contribution is -2.05. The predicted octanol–water partition coefficient (Wildman–Crippen LogP) is 4.28. The maximum Gasteiger partial charge on any atom is 0.146 e. The molecule has 20 heavy (non-hydrogen) atoms. The highest BCUT2D eigenvalue weighted by Crippen LogP contribution is 2.22. The van der Waals surface area contributed by atoms with Crippen LogP contribution in [0.2, 0.25) is 0 Å². The summed E-state index contributed by atoms with van der Waals surface area (Å²) in [5.41, 5.74) is 1.34. The third-order valence-electron chi connectivity index (χ3n) is 2.99. The second-order valence-corrected chi connectivity index (χ2v) is 4.48. The molecule has 0 radical (unpaired) electrons. The lowest BCUT2D eigenvalue weighted by atomic mass is 10.1. The predicted molar refractivity (Wildman–Crippen MR) is 76.0 cm³/mol. The van der Waals surface area contributed by atoms with Crippen molar-refractivity contribution in [1.82, 2.24) is 0 Å². The summed E-state index contributed by atoms with van der Waals surface area (Å²) in [5, 5.41) is 2.90. The molecule has 0 amide bonds. The van der Waals surface area contributed by atoms with Crippen molar-refractivity contribution in [2.75, 3.05) is 11.9 Å². The molecule has 0 atom stereocenters. The molecule has 2 aromatic rings. The van der Waals surface area contributed by atoms with Crippen molar-refractivity contribution >= 4 is 5.69 Å². The van der Waals surface area contributed by atoms with Gasteiger partial charge in [-0.3, -0.25) is 0 Å². The van der Waals surface area contributed by atoms with E-state index < -0.39 is 11.6 Å². The Labute approximate surface area is 117 Å². The van der Waals surface area contributed by atoms with Gasteiger partial charge < -0.3 is 10.1 Å². The standard InChI is InChI=1S/C16H17F2NO/c1-3-20-16-7-5-4-6-12(16)10-19-15-9-13(17)11(2)8-14(15)18/h4-9,19H,3,10H2,1-2H3. The van der Waals surface area contributed by atoms with Crippen LogP contribution in [-0.4, -0.2) is 6.61 Å². The summed E-state index contributed by atoms with van der Waals surface area (Å²) in [5.74, 6) is -0.139. The van der Waals surface area contributed by atoms with Gasteiger partial charge in [-0.05, 0) is 31.5 Å². The number of aryl methyl sites for hydroxylation is 1. The maximum atomic E-state index is 13.7. The van der Waals surface area contributed by atoms with Crippen LogP contribution < -0.4 is 10.1 Å². The molecule has 0 saturated heterocycles. The van der Waals surface area contributed by atoms with E-state index in [4.69, 9.17) is 4.74 Å². The van der Waals surface area contributed by atoms with Crippen molar-refractivity contribution in [3.05, 3.63) is 59.2 Å². The lowest BCUT2D eigenvalue weighted by molar-refractivity contribution is 0.337. The molecule has 0 aromatic heterocycles. The van der Waals surface area contributed by atoms with Gasteiger partial charge >= 0.3 is 0 Å². The van der Waals surface area contributed by atoms with Crippen LogP contribution >= 0.6 is 0 Å².